The molecular formula is C28H31NO5S. The lowest BCUT2D eigenvalue weighted by Gasteiger charge is -2.26. The molecule has 0 saturated carbocycles. The number of methoxy groups -OCH3 is 1. The van der Waals surface area contributed by atoms with Crippen LogP contribution in [0, 0.1) is 0 Å². The Balaban J connectivity index is 1.30. The van der Waals surface area contributed by atoms with E-state index in [4.69, 9.17) is 14.2 Å². The van der Waals surface area contributed by atoms with Crippen molar-refractivity contribution in [2.45, 2.75) is 30.7 Å². The molecule has 2 unspecified atom stereocenters. The van der Waals surface area contributed by atoms with Gasteiger partial charge in [0.1, 0.15) is 25.0 Å². The van der Waals surface area contributed by atoms with Crippen LogP contribution in [0.25, 0.3) is 0 Å². The van der Waals surface area contributed by atoms with Gasteiger partial charge in [-0.2, -0.15) is 0 Å². The molecule has 1 fully saturated rings. The minimum atomic E-state index is -0.832. The fourth-order valence-corrected chi connectivity index (χ4v) is 5.30. The third-order valence-corrected chi connectivity index (χ3v) is 7.52. The number of hydrogen-bond donors (Lipinski definition) is 2. The first-order valence-corrected chi connectivity index (χ1v) is 12.6. The zero-order chi connectivity index (χ0) is 24.8. The number of rotatable bonds is 10. The predicted molar refractivity (Wildman–Crippen MR) is 139 cm³/mol. The van der Waals surface area contributed by atoms with E-state index in [-0.39, 0.29) is 10.8 Å². The quantitative estimate of drug-likeness (QED) is 0.373. The van der Waals surface area contributed by atoms with Gasteiger partial charge in [0.05, 0.1) is 12.5 Å². The second-order valence-corrected chi connectivity index (χ2v) is 10.0. The molecule has 184 valence electrons. The Hall–Kier alpha value is -3.16. The summed E-state index contributed by atoms with van der Waals surface area (Å²) in [5, 5.41) is 12.2. The number of carboxylic acids is 1. The minimum absolute atomic E-state index is 0.0859. The Morgan fingerprint density at radius 3 is 2.31 bits per heavy atom. The highest BCUT2D eigenvalue weighted by atomic mass is 32.2. The van der Waals surface area contributed by atoms with Crippen LogP contribution in [0.4, 0.5) is 0 Å². The summed E-state index contributed by atoms with van der Waals surface area (Å²) >= 11 is 1.57. The van der Waals surface area contributed by atoms with Crippen molar-refractivity contribution in [1.29, 1.82) is 0 Å². The van der Waals surface area contributed by atoms with Crippen molar-refractivity contribution in [1.82, 2.24) is 5.32 Å². The van der Waals surface area contributed by atoms with Gasteiger partial charge < -0.3 is 19.3 Å². The van der Waals surface area contributed by atoms with E-state index in [0.717, 1.165) is 11.3 Å². The van der Waals surface area contributed by atoms with E-state index in [1.807, 2.05) is 36.4 Å². The highest BCUT2D eigenvalue weighted by Gasteiger charge is 2.30. The van der Waals surface area contributed by atoms with Gasteiger partial charge in [-0.05, 0) is 41.0 Å². The van der Waals surface area contributed by atoms with E-state index in [0.29, 0.717) is 30.5 Å². The summed E-state index contributed by atoms with van der Waals surface area (Å²) in [6.07, 6.45) is 0. The average Bonchev–Trinajstić information content (AvgIpc) is 3.38. The third-order valence-electron chi connectivity index (χ3n) is 6.25. The molecule has 7 heteroatoms. The second kappa shape index (κ2) is 11.1. The summed E-state index contributed by atoms with van der Waals surface area (Å²) in [5.74, 6) is 1.72. The van der Waals surface area contributed by atoms with Gasteiger partial charge in [-0.3, -0.25) is 10.1 Å². The van der Waals surface area contributed by atoms with Crippen LogP contribution >= 0.6 is 11.8 Å². The van der Waals surface area contributed by atoms with Gasteiger partial charge in [0.2, 0.25) is 0 Å². The number of carbonyl (C=O) groups is 1. The fraction of sp³-hybridized carbons (Fsp3) is 0.321. The van der Waals surface area contributed by atoms with Crippen LogP contribution in [-0.2, 0) is 10.2 Å². The maximum Gasteiger partial charge on any atom is 0.321 e. The molecule has 0 bridgehead atoms. The van der Waals surface area contributed by atoms with E-state index < -0.39 is 12.0 Å². The van der Waals surface area contributed by atoms with Crippen LogP contribution in [-0.4, -0.2) is 43.2 Å². The van der Waals surface area contributed by atoms with Crippen molar-refractivity contribution in [2.75, 3.05) is 26.1 Å². The maximum absolute atomic E-state index is 11.2. The molecule has 4 rings (SSSR count). The van der Waals surface area contributed by atoms with Crippen molar-refractivity contribution >= 4 is 17.7 Å². The molecule has 35 heavy (non-hydrogen) atoms. The lowest BCUT2D eigenvalue weighted by molar-refractivity contribution is -0.138. The fourth-order valence-electron chi connectivity index (χ4n) is 4.07. The summed E-state index contributed by atoms with van der Waals surface area (Å²) in [4.78, 5) is 11.2. The number of carboxylic acid groups (broad SMARTS) is 1. The van der Waals surface area contributed by atoms with Crippen molar-refractivity contribution in [3.8, 4) is 17.2 Å². The van der Waals surface area contributed by atoms with E-state index >= 15 is 0 Å². The van der Waals surface area contributed by atoms with Crippen LogP contribution in [0.15, 0.2) is 72.8 Å². The van der Waals surface area contributed by atoms with Crippen LogP contribution in [0.1, 0.15) is 35.9 Å². The standard InChI is InChI=1S/C28H31NO5S/c1-28(2,20-7-5-4-6-8-20)21-10-12-22(13-11-21)33-15-16-34-24-14-9-19(17-25(24)32-3)26-29-23(18-35-26)27(30)31/h4-14,17,23,26,29H,15-16,18H2,1-3H3,(H,30,31). The zero-order valence-corrected chi connectivity index (χ0v) is 21.0. The molecule has 2 N–H and O–H groups in total. The Bertz CT molecular complexity index is 1130. The van der Waals surface area contributed by atoms with Crippen LogP contribution in [0.3, 0.4) is 0 Å². The Morgan fingerprint density at radius 1 is 0.971 bits per heavy atom. The first-order valence-electron chi connectivity index (χ1n) is 11.6. The van der Waals surface area contributed by atoms with Gasteiger partial charge in [-0.25, -0.2) is 0 Å². The first-order chi connectivity index (χ1) is 16.9. The van der Waals surface area contributed by atoms with E-state index in [1.54, 1.807) is 18.9 Å². The molecule has 0 aliphatic carbocycles. The molecule has 1 aliphatic heterocycles. The molecule has 6 nitrogen and oxygen atoms in total. The monoisotopic (exact) mass is 493 g/mol. The summed E-state index contributed by atoms with van der Waals surface area (Å²) in [6.45, 7) is 5.20. The largest absolute Gasteiger partial charge is 0.493 e. The lowest BCUT2D eigenvalue weighted by Crippen LogP contribution is -2.33. The van der Waals surface area contributed by atoms with Crippen molar-refractivity contribution in [2.24, 2.45) is 0 Å². The van der Waals surface area contributed by atoms with Crippen molar-refractivity contribution in [3.05, 3.63) is 89.5 Å². The van der Waals surface area contributed by atoms with Gasteiger partial charge in [-0.15, -0.1) is 11.8 Å². The zero-order valence-electron chi connectivity index (χ0n) is 20.2. The Labute approximate surface area is 210 Å². The second-order valence-electron chi connectivity index (χ2n) is 8.89. The molecule has 1 saturated heterocycles. The summed E-state index contributed by atoms with van der Waals surface area (Å²) in [7, 11) is 1.59. The highest BCUT2D eigenvalue weighted by molar-refractivity contribution is 7.99. The van der Waals surface area contributed by atoms with Gasteiger partial charge in [0.25, 0.3) is 0 Å². The number of thioether (sulfide) groups is 1. The normalized spacial score (nSPS) is 17.7. The molecule has 0 aromatic heterocycles. The SMILES string of the molecule is COc1cc(C2NC(C(=O)O)CS2)ccc1OCCOc1ccc(C(C)(C)c2ccccc2)cc1. The first kappa shape index (κ1) is 24.9. The van der Waals surface area contributed by atoms with Crippen molar-refractivity contribution in [3.63, 3.8) is 0 Å². The molecule has 1 aliphatic rings. The molecular weight excluding hydrogens is 462 g/mol. The van der Waals surface area contributed by atoms with E-state index in [2.05, 4.69) is 55.6 Å². The maximum atomic E-state index is 11.2. The lowest BCUT2D eigenvalue weighted by atomic mass is 9.78. The van der Waals surface area contributed by atoms with E-state index in [1.165, 1.54) is 11.1 Å². The van der Waals surface area contributed by atoms with Gasteiger partial charge >= 0.3 is 5.97 Å². The van der Waals surface area contributed by atoms with Gasteiger partial charge in [-0.1, -0.05) is 62.4 Å². The molecule has 0 radical (unpaired) electrons. The average molecular weight is 494 g/mol. The smallest absolute Gasteiger partial charge is 0.321 e. The Morgan fingerprint density at radius 2 is 1.66 bits per heavy atom. The van der Waals surface area contributed by atoms with E-state index in [9.17, 15) is 9.90 Å². The van der Waals surface area contributed by atoms with Crippen molar-refractivity contribution < 1.29 is 24.1 Å². The highest BCUT2D eigenvalue weighted by Crippen LogP contribution is 2.37. The van der Waals surface area contributed by atoms with Crippen LogP contribution < -0.4 is 19.5 Å². The van der Waals surface area contributed by atoms with Crippen LogP contribution in [0.2, 0.25) is 0 Å². The Kier molecular flexibility index (Phi) is 7.88. The van der Waals surface area contributed by atoms with Gasteiger partial charge in [0.15, 0.2) is 11.5 Å². The molecule has 0 spiro atoms. The molecule has 0 amide bonds. The summed E-state index contributed by atoms with van der Waals surface area (Å²) in [5.41, 5.74) is 3.36. The minimum Gasteiger partial charge on any atom is -0.493 e. The number of nitrogens with one attached hydrogen (secondary N) is 1. The summed E-state index contributed by atoms with van der Waals surface area (Å²) in [6, 6.07) is 23.8. The number of benzene rings is 3. The molecule has 1 heterocycles. The number of aliphatic carboxylic acids is 1. The number of ether oxygens (including phenoxy) is 3. The molecule has 3 aromatic rings. The predicted octanol–water partition coefficient (Wildman–Crippen LogP) is 5.27. The molecule has 3 aromatic carbocycles. The topological polar surface area (TPSA) is 77.0 Å². The summed E-state index contributed by atoms with van der Waals surface area (Å²) < 4.78 is 17.3. The molecule has 2 atom stereocenters. The van der Waals surface area contributed by atoms with Gasteiger partial charge in [0, 0.05) is 11.2 Å². The third kappa shape index (κ3) is 5.92. The van der Waals surface area contributed by atoms with Crippen LogP contribution in [0.5, 0.6) is 17.2 Å². The number of hydrogen-bond acceptors (Lipinski definition) is 6.